The van der Waals surface area contributed by atoms with Crippen molar-refractivity contribution in [1.82, 2.24) is 0 Å². The largest absolute Gasteiger partial charge is 0.397 e. The van der Waals surface area contributed by atoms with Crippen LogP contribution in [0.15, 0.2) is 18.2 Å². The number of morpholine rings is 1. The quantitative estimate of drug-likeness (QED) is 0.501. The van der Waals surface area contributed by atoms with Crippen LogP contribution in [-0.2, 0) is 4.74 Å². The summed E-state index contributed by atoms with van der Waals surface area (Å²) in [7, 11) is 0. The molecule has 0 radical (unpaired) electrons. The number of ether oxygens (including phenoxy) is 1. The van der Waals surface area contributed by atoms with Crippen molar-refractivity contribution in [1.29, 1.82) is 0 Å². The molecule has 1 saturated carbocycles. The van der Waals surface area contributed by atoms with Gasteiger partial charge in [0.15, 0.2) is 0 Å². The van der Waals surface area contributed by atoms with Crippen LogP contribution in [0, 0.1) is 10.1 Å². The molecule has 2 aliphatic rings. The Kier molecular flexibility index (Phi) is 3.02. The molecule has 102 valence electrons. The molecule has 2 atom stereocenters. The van der Waals surface area contributed by atoms with Crippen molar-refractivity contribution >= 4 is 17.1 Å². The van der Waals surface area contributed by atoms with E-state index < -0.39 is 4.92 Å². The highest BCUT2D eigenvalue weighted by Crippen LogP contribution is 2.36. The first-order valence-corrected chi connectivity index (χ1v) is 6.59. The minimum Gasteiger partial charge on any atom is -0.397 e. The van der Waals surface area contributed by atoms with E-state index in [4.69, 9.17) is 10.5 Å². The van der Waals surface area contributed by atoms with Gasteiger partial charge in [-0.3, -0.25) is 10.1 Å². The number of nitro groups is 1. The average Bonchev–Trinajstić information content (AvgIpc) is 2.86. The van der Waals surface area contributed by atoms with Crippen LogP contribution in [0.3, 0.4) is 0 Å². The van der Waals surface area contributed by atoms with E-state index >= 15 is 0 Å². The second-order valence-corrected chi connectivity index (χ2v) is 5.10. The van der Waals surface area contributed by atoms with Crippen molar-refractivity contribution in [3.8, 4) is 0 Å². The first-order chi connectivity index (χ1) is 9.16. The lowest BCUT2D eigenvalue weighted by molar-refractivity contribution is -0.384. The summed E-state index contributed by atoms with van der Waals surface area (Å²) in [6, 6.07) is 5.08. The molecule has 2 unspecified atom stereocenters. The van der Waals surface area contributed by atoms with Crippen LogP contribution < -0.4 is 10.6 Å². The van der Waals surface area contributed by atoms with E-state index in [0.717, 1.165) is 25.1 Å². The normalized spacial score (nSPS) is 26.2. The van der Waals surface area contributed by atoms with E-state index in [9.17, 15) is 10.1 Å². The third-order valence-corrected chi connectivity index (χ3v) is 4.01. The molecule has 1 aliphatic carbocycles. The third-order valence-electron chi connectivity index (χ3n) is 4.01. The predicted molar refractivity (Wildman–Crippen MR) is 72.2 cm³/mol. The fourth-order valence-electron chi connectivity index (χ4n) is 3.14. The molecule has 0 amide bonds. The molecule has 1 aromatic rings. The highest BCUT2D eigenvalue weighted by Gasteiger charge is 2.36. The number of nitrogens with zero attached hydrogens (tertiary/aromatic N) is 2. The molecular weight excluding hydrogens is 246 g/mol. The number of non-ortho nitro benzene ring substituents is 1. The number of nitrogen functional groups attached to an aromatic ring is 1. The maximum Gasteiger partial charge on any atom is 0.271 e. The maximum atomic E-state index is 10.7. The first-order valence-electron chi connectivity index (χ1n) is 6.59. The van der Waals surface area contributed by atoms with Gasteiger partial charge in [0.2, 0.25) is 0 Å². The molecule has 0 spiro atoms. The Balaban J connectivity index is 1.90. The lowest BCUT2D eigenvalue weighted by atomic mass is 10.1. The van der Waals surface area contributed by atoms with Gasteiger partial charge in [0.25, 0.3) is 5.69 Å². The fraction of sp³-hybridized carbons (Fsp3) is 0.538. The second kappa shape index (κ2) is 4.70. The van der Waals surface area contributed by atoms with Crippen LogP contribution in [0.25, 0.3) is 0 Å². The van der Waals surface area contributed by atoms with Gasteiger partial charge in [-0.1, -0.05) is 0 Å². The number of hydrogen-bond acceptors (Lipinski definition) is 5. The van der Waals surface area contributed by atoms with E-state index in [1.165, 1.54) is 18.6 Å². The van der Waals surface area contributed by atoms with Crippen LogP contribution >= 0.6 is 0 Å². The standard InChI is InChI=1S/C13H17N3O3/c14-10-8-9(16(17)18)4-5-11(10)15-6-7-19-13-3-1-2-12(13)15/h4-5,8,12-13H,1-3,6-7,14H2. The number of fused-ring (bicyclic) bond motifs is 1. The van der Waals surface area contributed by atoms with Gasteiger partial charge >= 0.3 is 0 Å². The van der Waals surface area contributed by atoms with Gasteiger partial charge in [0.05, 0.1) is 35.1 Å². The minimum absolute atomic E-state index is 0.0393. The van der Waals surface area contributed by atoms with Crippen LogP contribution in [0.4, 0.5) is 17.1 Å². The van der Waals surface area contributed by atoms with Gasteiger partial charge in [0, 0.05) is 18.7 Å². The summed E-state index contributed by atoms with van der Waals surface area (Å²) in [5.74, 6) is 0. The molecule has 1 aromatic carbocycles. The highest BCUT2D eigenvalue weighted by molar-refractivity contribution is 5.71. The van der Waals surface area contributed by atoms with Crippen LogP contribution in [0.5, 0.6) is 0 Å². The monoisotopic (exact) mass is 263 g/mol. The molecule has 2 N–H and O–H groups in total. The summed E-state index contributed by atoms with van der Waals surface area (Å²) in [5.41, 5.74) is 7.39. The SMILES string of the molecule is Nc1cc([N+](=O)[O-])ccc1N1CCOC2CCCC21. The number of benzene rings is 1. The van der Waals surface area contributed by atoms with E-state index in [0.29, 0.717) is 18.3 Å². The molecule has 6 nitrogen and oxygen atoms in total. The molecule has 2 fully saturated rings. The van der Waals surface area contributed by atoms with Crippen LogP contribution in [0.2, 0.25) is 0 Å². The Labute approximate surface area is 111 Å². The van der Waals surface area contributed by atoms with Gasteiger partial charge < -0.3 is 15.4 Å². The van der Waals surface area contributed by atoms with E-state index in [1.807, 2.05) is 0 Å². The minimum atomic E-state index is -0.419. The Morgan fingerprint density at radius 2 is 2.26 bits per heavy atom. The zero-order valence-electron chi connectivity index (χ0n) is 10.6. The summed E-state index contributed by atoms with van der Waals surface area (Å²) in [6.45, 7) is 1.49. The molecule has 3 rings (SSSR count). The number of anilines is 2. The van der Waals surface area contributed by atoms with Crippen molar-refractivity contribution in [3.05, 3.63) is 28.3 Å². The lowest BCUT2D eigenvalue weighted by Crippen LogP contribution is -2.48. The molecule has 1 heterocycles. The predicted octanol–water partition coefficient (Wildman–Crippen LogP) is 1.93. The highest BCUT2D eigenvalue weighted by atomic mass is 16.6. The van der Waals surface area contributed by atoms with Crippen molar-refractivity contribution in [2.24, 2.45) is 0 Å². The van der Waals surface area contributed by atoms with E-state index in [2.05, 4.69) is 4.90 Å². The van der Waals surface area contributed by atoms with E-state index in [-0.39, 0.29) is 11.8 Å². The average molecular weight is 263 g/mol. The molecule has 1 saturated heterocycles. The van der Waals surface area contributed by atoms with Crippen molar-refractivity contribution in [2.75, 3.05) is 23.8 Å². The second-order valence-electron chi connectivity index (χ2n) is 5.10. The Morgan fingerprint density at radius 3 is 3.00 bits per heavy atom. The zero-order valence-corrected chi connectivity index (χ0v) is 10.6. The molecule has 0 aromatic heterocycles. The Morgan fingerprint density at radius 1 is 1.42 bits per heavy atom. The van der Waals surface area contributed by atoms with Crippen LogP contribution in [0.1, 0.15) is 19.3 Å². The van der Waals surface area contributed by atoms with Crippen molar-refractivity contribution in [2.45, 2.75) is 31.4 Å². The number of rotatable bonds is 2. The summed E-state index contributed by atoms with van der Waals surface area (Å²) < 4.78 is 5.76. The maximum absolute atomic E-state index is 10.7. The fourth-order valence-corrected chi connectivity index (χ4v) is 3.14. The zero-order chi connectivity index (χ0) is 13.4. The summed E-state index contributed by atoms with van der Waals surface area (Å²) in [5, 5.41) is 10.7. The topological polar surface area (TPSA) is 81.6 Å². The van der Waals surface area contributed by atoms with E-state index in [1.54, 1.807) is 6.07 Å². The number of nitro benzene ring substituents is 1. The smallest absolute Gasteiger partial charge is 0.271 e. The van der Waals surface area contributed by atoms with Gasteiger partial charge in [-0.2, -0.15) is 0 Å². The van der Waals surface area contributed by atoms with Gasteiger partial charge in [0.1, 0.15) is 0 Å². The van der Waals surface area contributed by atoms with Gasteiger partial charge in [-0.15, -0.1) is 0 Å². The first kappa shape index (κ1) is 12.2. The summed E-state index contributed by atoms with van der Waals surface area (Å²) in [6.07, 6.45) is 3.64. The Bertz CT molecular complexity index is 506. The molecule has 6 heteroatoms. The third kappa shape index (κ3) is 2.12. The van der Waals surface area contributed by atoms with Gasteiger partial charge in [-0.05, 0) is 25.3 Å². The molecule has 19 heavy (non-hydrogen) atoms. The molecular formula is C13H17N3O3. The number of hydrogen-bond donors (Lipinski definition) is 1. The van der Waals surface area contributed by atoms with Gasteiger partial charge in [-0.25, -0.2) is 0 Å². The Hall–Kier alpha value is -1.82. The van der Waals surface area contributed by atoms with Crippen molar-refractivity contribution in [3.63, 3.8) is 0 Å². The summed E-state index contributed by atoms with van der Waals surface area (Å²) >= 11 is 0. The number of nitrogens with two attached hydrogens (primary N) is 1. The lowest BCUT2D eigenvalue weighted by Gasteiger charge is -2.39. The molecule has 0 bridgehead atoms. The van der Waals surface area contributed by atoms with Crippen LogP contribution in [-0.4, -0.2) is 30.2 Å². The summed E-state index contributed by atoms with van der Waals surface area (Å²) in [4.78, 5) is 12.6. The molecule has 1 aliphatic heterocycles. The van der Waals surface area contributed by atoms with Crippen molar-refractivity contribution < 1.29 is 9.66 Å².